The summed E-state index contributed by atoms with van der Waals surface area (Å²) in [4.78, 5) is 23.1. The van der Waals surface area contributed by atoms with E-state index in [1.807, 2.05) is 24.3 Å². The standard InChI is InChI=1S/C30H35N3O2/c1-35-24-16-17-25-23(20-24)15-18-26-29(25)31-27(19-22-11-6-3-7-12-22)30(32-26)33-28(34)14-8-13-21-9-4-2-5-10-21/h2,4-5,9-10,16-17,20,22H,3,6-8,11-15,18-19H2,1H3,(H,32,33,34). The van der Waals surface area contributed by atoms with Crippen molar-refractivity contribution in [2.75, 3.05) is 12.4 Å². The molecule has 5 heteroatoms. The van der Waals surface area contributed by atoms with Gasteiger partial charge < -0.3 is 10.1 Å². The molecule has 2 aromatic carbocycles. The van der Waals surface area contributed by atoms with Crippen molar-refractivity contribution in [3.05, 3.63) is 71.0 Å². The summed E-state index contributed by atoms with van der Waals surface area (Å²) in [6, 6.07) is 16.6. The predicted octanol–water partition coefficient (Wildman–Crippen LogP) is 6.34. The van der Waals surface area contributed by atoms with Crippen LogP contribution in [0.4, 0.5) is 5.82 Å². The summed E-state index contributed by atoms with van der Waals surface area (Å²) in [6.07, 6.45) is 11.2. The van der Waals surface area contributed by atoms with E-state index >= 15 is 0 Å². The van der Waals surface area contributed by atoms with Gasteiger partial charge >= 0.3 is 0 Å². The summed E-state index contributed by atoms with van der Waals surface area (Å²) in [5.74, 6) is 2.20. The molecule has 0 bridgehead atoms. The van der Waals surface area contributed by atoms with E-state index < -0.39 is 0 Å². The molecule has 1 aromatic heterocycles. The first-order valence-corrected chi connectivity index (χ1v) is 13.1. The second kappa shape index (κ2) is 11.0. The predicted molar refractivity (Wildman–Crippen MR) is 140 cm³/mol. The van der Waals surface area contributed by atoms with Gasteiger partial charge in [0.15, 0.2) is 5.82 Å². The van der Waals surface area contributed by atoms with Gasteiger partial charge in [-0.3, -0.25) is 4.79 Å². The number of carbonyl (C=O) groups is 1. The molecule has 0 unspecified atom stereocenters. The maximum Gasteiger partial charge on any atom is 0.225 e. The van der Waals surface area contributed by atoms with E-state index in [2.05, 4.69) is 29.6 Å². The van der Waals surface area contributed by atoms with Gasteiger partial charge in [-0.05, 0) is 67.3 Å². The maximum absolute atomic E-state index is 12.9. The first kappa shape index (κ1) is 23.5. The fourth-order valence-corrected chi connectivity index (χ4v) is 5.48. The maximum atomic E-state index is 12.9. The van der Waals surface area contributed by atoms with Crippen LogP contribution < -0.4 is 10.1 Å². The highest BCUT2D eigenvalue weighted by molar-refractivity contribution is 5.90. The zero-order valence-corrected chi connectivity index (χ0v) is 20.7. The van der Waals surface area contributed by atoms with Crippen LogP contribution in [0.5, 0.6) is 5.75 Å². The van der Waals surface area contributed by atoms with E-state index in [1.165, 1.54) is 43.2 Å². The summed E-state index contributed by atoms with van der Waals surface area (Å²) in [5.41, 5.74) is 6.56. The SMILES string of the molecule is COc1ccc2c(c1)CCc1nc(NC(=O)CCCc3ccccc3)c(CC3CCCCC3)nc1-2. The normalized spacial score (nSPS) is 15.2. The summed E-state index contributed by atoms with van der Waals surface area (Å²) < 4.78 is 5.43. The highest BCUT2D eigenvalue weighted by Crippen LogP contribution is 2.36. The molecular formula is C30H35N3O2. The first-order valence-electron chi connectivity index (χ1n) is 13.1. The van der Waals surface area contributed by atoms with Crippen LogP contribution in [0.25, 0.3) is 11.3 Å². The molecule has 0 atom stereocenters. The van der Waals surface area contributed by atoms with Gasteiger partial charge in [-0.2, -0.15) is 0 Å². The third-order valence-corrected chi connectivity index (χ3v) is 7.42. The van der Waals surface area contributed by atoms with Crippen molar-refractivity contribution in [1.29, 1.82) is 0 Å². The summed E-state index contributed by atoms with van der Waals surface area (Å²) in [6.45, 7) is 0. The molecule has 5 nitrogen and oxygen atoms in total. The average molecular weight is 470 g/mol. The van der Waals surface area contributed by atoms with Crippen LogP contribution in [0.15, 0.2) is 48.5 Å². The molecule has 0 radical (unpaired) electrons. The number of benzene rings is 2. The van der Waals surface area contributed by atoms with E-state index in [0.29, 0.717) is 18.2 Å². The highest BCUT2D eigenvalue weighted by Gasteiger charge is 2.25. The quantitative estimate of drug-likeness (QED) is 0.418. The fourth-order valence-electron chi connectivity index (χ4n) is 5.48. The molecule has 5 rings (SSSR count). The van der Waals surface area contributed by atoms with Gasteiger partial charge in [-0.15, -0.1) is 0 Å². The fraction of sp³-hybridized carbons (Fsp3) is 0.433. The van der Waals surface area contributed by atoms with E-state index in [0.717, 1.165) is 60.5 Å². The number of hydrogen-bond acceptors (Lipinski definition) is 4. The van der Waals surface area contributed by atoms with Gasteiger partial charge in [0.2, 0.25) is 5.91 Å². The first-order chi connectivity index (χ1) is 17.2. The van der Waals surface area contributed by atoms with Crippen LogP contribution in [-0.4, -0.2) is 23.0 Å². The summed E-state index contributed by atoms with van der Waals surface area (Å²) >= 11 is 0. The zero-order chi connectivity index (χ0) is 24.0. The Morgan fingerprint density at radius 2 is 1.86 bits per heavy atom. The minimum absolute atomic E-state index is 0.0287. The molecule has 2 aliphatic rings. The minimum atomic E-state index is 0.0287. The van der Waals surface area contributed by atoms with Crippen LogP contribution in [0, 0.1) is 5.92 Å². The largest absolute Gasteiger partial charge is 0.497 e. The topological polar surface area (TPSA) is 64.1 Å². The highest BCUT2D eigenvalue weighted by atomic mass is 16.5. The Morgan fingerprint density at radius 1 is 1.03 bits per heavy atom. The van der Waals surface area contributed by atoms with Crippen LogP contribution in [0.2, 0.25) is 0 Å². The number of anilines is 1. The van der Waals surface area contributed by atoms with Crippen molar-refractivity contribution in [2.45, 2.75) is 70.6 Å². The molecular weight excluding hydrogens is 434 g/mol. The molecule has 1 fully saturated rings. The molecule has 0 spiro atoms. The Balaban J connectivity index is 1.37. The Hall–Kier alpha value is -3.21. The number of rotatable bonds is 8. The molecule has 35 heavy (non-hydrogen) atoms. The van der Waals surface area contributed by atoms with E-state index in [4.69, 9.17) is 14.7 Å². The number of fused-ring (bicyclic) bond motifs is 3. The molecule has 1 N–H and O–H groups in total. The van der Waals surface area contributed by atoms with Crippen molar-refractivity contribution in [3.8, 4) is 17.0 Å². The Morgan fingerprint density at radius 3 is 2.66 bits per heavy atom. The van der Waals surface area contributed by atoms with Crippen LogP contribution in [0.3, 0.4) is 0 Å². The van der Waals surface area contributed by atoms with Crippen molar-refractivity contribution in [1.82, 2.24) is 9.97 Å². The monoisotopic (exact) mass is 469 g/mol. The number of aryl methyl sites for hydroxylation is 3. The molecule has 3 aromatic rings. The van der Waals surface area contributed by atoms with Gasteiger partial charge in [0.25, 0.3) is 0 Å². The smallest absolute Gasteiger partial charge is 0.225 e. The van der Waals surface area contributed by atoms with Crippen LogP contribution >= 0.6 is 0 Å². The Labute approximate surface area is 208 Å². The summed E-state index contributed by atoms with van der Waals surface area (Å²) in [7, 11) is 1.70. The third kappa shape index (κ3) is 5.72. The number of ether oxygens (including phenoxy) is 1. The van der Waals surface area contributed by atoms with E-state index in [1.54, 1.807) is 7.11 Å². The lowest BCUT2D eigenvalue weighted by Crippen LogP contribution is -2.20. The van der Waals surface area contributed by atoms with E-state index in [-0.39, 0.29) is 5.91 Å². The van der Waals surface area contributed by atoms with Crippen molar-refractivity contribution in [3.63, 3.8) is 0 Å². The Kier molecular flexibility index (Phi) is 7.41. The van der Waals surface area contributed by atoms with E-state index in [9.17, 15) is 4.79 Å². The van der Waals surface area contributed by atoms with Gasteiger partial charge in [0, 0.05) is 12.0 Å². The number of carbonyl (C=O) groups excluding carboxylic acids is 1. The molecule has 1 heterocycles. The lowest BCUT2D eigenvalue weighted by Gasteiger charge is -2.25. The minimum Gasteiger partial charge on any atom is -0.497 e. The van der Waals surface area contributed by atoms with Crippen LogP contribution in [0.1, 0.15) is 67.5 Å². The average Bonchev–Trinajstić information content (AvgIpc) is 2.90. The number of aromatic nitrogens is 2. The molecule has 1 saturated carbocycles. The lowest BCUT2D eigenvalue weighted by molar-refractivity contribution is -0.116. The van der Waals surface area contributed by atoms with Gasteiger partial charge in [0.1, 0.15) is 5.75 Å². The molecule has 1 amide bonds. The van der Waals surface area contributed by atoms with Crippen molar-refractivity contribution < 1.29 is 9.53 Å². The number of hydrogen-bond donors (Lipinski definition) is 1. The lowest BCUT2D eigenvalue weighted by atomic mass is 9.85. The van der Waals surface area contributed by atoms with Gasteiger partial charge in [-0.1, -0.05) is 62.4 Å². The van der Waals surface area contributed by atoms with Crippen molar-refractivity contribution >= 4 is 11.7 Å². The Bertz CT molecular complexity index is 1170. The number of amides is 1. The summed E-state index contributed by atoms with van der Waals surface area (Å²) in [5, 5.41) is 3.15. The third-order valence-electron chi connectivity index (χ3n) is 7.42. The van der Waals surface area contributed by atoms with Crippen LogP contribution in [-0.2, 0) is 30.5 Å². The number of methoxy groups -OCH3 is 1. The molecule has 2 aliphatic carbocycles. The molecule has 0 aliphatic heterocycles. The van der Waals surface area contributed by atoms with Crippen molar-refractivity contribution in [2.24, 2.45) is 5.92 Å². The molecule has 0 saturated heterocycles. The van der Waals surface area contributed by atoms with Gasteiger partial charge in [-0.25, -0.2) is 9.97 Å². The van der Waals surface area contributed by atoms with Gasteiger partial charge in [0.05, 0.1) is 24.2 Å². The number of nitrogens with zero attached hydrogens (tertiary/aromatic N) is 2. The molecule has 182 valence electrons. The second-order valence-corrected chi connectivity index (χ2v) is 9.93. The second-order valence-electron chi connectivity index (χ2n) is 9.93. The zero-order valence-electron chi connectivity index (χ0n) is 20.7. The number of nitrogens with one attached hydrogen (secondary N) is 1.